The van der Waals surface area contributed by atoms with E-state index in [1.54, 1.807) is 29.7 Å². The van der Waals surface area contributed by atoms with Crippen LogP contribution in [0.5, 0.6) is 5.75 Å². The van der Waals surface area contributed by atoms with Crippen LogP contribution in [0.3, 0.4) is 0 Å². The van der Waals surface area contributed by atoms with E-state index >= 15 is 0 Å². The molecule has 3 heterocycles. The molecule has 2 unspecified atom stereocenters. The summed E-state index contributed by atoms with van der Waals surface area (Å²) in [4.78, 5) is 56.4. The molecule has 238 valence electrons. The topological polar surface area (TPSA) is 135 Å². The molecule has 0 aliphatic carbocycles. The maximum atomic E-state index is 13.9. The van der Waals surface area contributed by atoms with Crippen molar-refractivity contribution in [1.82, 2.24) is 30.6 Å². The van der Waals surface area contributed by atoms with Crippen LogP contribution in [-0.4, -0.2) is 64.0 Å². The second-order valence-corrected chi connectivity index (χ2v) is 12.1. The normalized spacial score (nSPS) is 22.2. The lowest BCUT2D eigenvalue weighted by atomic mass is 9.94. The van der Waals surface area contributed by atoms with Gasteiger partial charge in [-0.05, 0) is 67.9 Å². The van der Waals surface area contributed by atoms with E-state index in [2.05, 4.69) is 21.0 Å². The fraction of sp³-hybridized carbons (Fsp3) is 0.441. The van der Waals surface area contributed by atoms with Crippen molar-refractivity contribution in [3.05, 3.63) is 83.2 Å². The van der Waals surface area contributed by atoms with Crippen LogP contribution in [0, 0.1) is 12.8 Å². The molecule has 2 aliphatic rings. The van der Waals surface area contributed by atoms with Crippen molar-refractivity contribution in [3.63, 3.8) is 0 Å². The van der Waals surface area contributed by atoms with E-state index in [0.29, 0.717) is 25.3 Å². The Morgan fingerprint density at radius 2 is 1.89 bits per heavy atom. The molecular weight excluding hydrogens is 572 g/mol. The Morgan fingerprint density at radius 1 is 1.09 bits per heavy atom. The van der Waals surface area contributed by atoms with E-state index in [0.717, 1.165) is 41.7 Å². The molecule has 4 amide bonds. The van der Waals surface area contributed by atoms with Gasteiger partial charge in [0, 0.05) is 38.4 Å². The van der Waals surface area contributed by atoms with Gasteiger partial charge >= 0.3 is 0 Å². The molecule has 4 atom stereocenters. The highest BCUT2D eigenvalue weighted by Gasteiger charge is 2.33. The van der Waals surface area contributed by atoms with Crippen LogP contribution in [-0.2, 0) is 32.8 Å². The minimum Gasteiger partial charge on any atom is -0.494 e. The highest BCUT2D eigenvalue weighted by atomic mass is 16.5. The second-order valence-electron chi connectivity index (χ2n) is 12.1. The van der Waals surface area contributed by atoms with Crippen molar-refractivity contribution in [2.45, 2.75) is 64.1 Å². The summed E-state index contributed by atoms with van der Waals surface area (Å²) in [5.74, 6) is -1.25. The maximum absolute atomic E-state index is 13.9. The Labute approximate surface area is 263 Å². The molecule has 1 saturated heterocycles. The zero-order valence-corrected chi connectivity index (χ0v) is 26.1. The van der Waals surface area contributed by atoms with Gasteiger partial charge in [0.25, 0.3) is 0 Å². The van der Waals surface area contributed by atoms with E-state index in [9.17, 15) is 19.2 Å². The summed E-state index contributed by atoms with van der Waals surface area (Å²) in [6.07, 6.45) is 5.56. The molecule has 0 radical (unpaired) electrons. The van der Waals surface area contributed by atoms with E-state index < -0.39 is 29.8 Å². The fourth-order valence-electron chi connectivity index (χ4n) is 5.92. The number of piperidine rings is 1. The third-order valence-electron chi connectivity index (χ3n) is 8.75. The first-order valence-electron chi connectivity index (χ1n) is 15.6. The van der Waals surface area contributed by atoms with E-state index in [-0.39, 0.29) is 30.7 Å². The van der Waals surface area contributed by atoms with Crippen LogP contribution in [0.2, 0.25) is 0 Å². The summed E-state index contributed by atoms with van der Waals surface area (Å²) in [6.45, 7) is 5.59. The van der Waals surface area contributed by atoms with E-state index in [1.807, 2.05) is 55.5 Å². The first-order valence-corrected chi connectivity index (χ1v) is 15.6. The quantitative estimate of drug-likeness (QED) is 0.414. The predicted octanol–water partition coefficient (Wildman–Crippen LogP) is 2.90. The number of nitrogens with zero attached hydrogens (tertiary/aromatic N) is 3. The molecular formula is C34H42N6O5. The Balaban J connectivity index is 1.45. The minimum atomic E-state index is -1.19. The number of carbonyl (C=O) groups is 4. The number of ether oxygens (including phenoxy) is 1. The lowest BCUT2D eigenvalue weighted by molar-refractivity contribution is -0.138. The van der Waals surface area contributed by atoms with Gasteiger partial charge in [-0.2, -0.15) is 5.10 Å². The summed E-state index contributed by atoms with van der Waals surface area (Å²) in [7, 11) is 1.72. The molecule has 11 nitrogen and oxygen atoms in total. The van der Waals surface area contributed by atoms with Gasteiger partial charge in [0.1, 0.15) is 17.8 Å². The third kappa shape index (κ3) is 8.09. The number of carbonyl (C=O) groups excluding carboxylic acids is 4. The number of rotatable bonds is 4. The zero-order valence-electron chi connectivity index (χ0n) is 26.1. The lowest BCUT2D eigenvalue weighted by Crippen LogP contribution is -2.53. The Morgan fingerprint density at radius 3 is 2.64 bits per heavy atom. The predicted molar refractivity (Wildman–Crippen MR) is 168 cm³/mol. The van der Waals surface area contributed by atoms with Gasteiger partial charge in [0.05, 0.1) is 25.1 Å². The molecule has 0 saturated carbocycles. The van der Waals surface area contributed by atoms with Gasteiger partial charge < -0.3 is 25.6 Å². The van der Waals surface area contributed by atoms with Gasteiger partial charge in [-0.25, -0.2) is 0 Å². The van der Waals surface area contributed by atoms with Gasteiger partial charge in [0.2, 0.25) is 23.6 Å². The lowest BCUT2D eigenvalue weighted by Gasteiger charge is -2.34. The average Bonchev–Trinajstić information content (AvgIpc) is 3.48. The largest absolute Gasteiger partial charge is 0.494 e. The summed E-state index contributed by atoms with van der Waals surface area (Å²) in [5.41, 5.74) is 3.15. The van der Waals surface area contributed by atoms with Crippen molar-refractivity contribution >= 4 is 23.6 Å². The van der Waals surface area contributed by atoms with Gasteiger partial charge in [0.15, 0.2) is 0 Å². The fourth-order valence-corrected chi connectivity index (χ4v) is 5.92. The molecule has 3 N–H and O–H groups in total. The second kappa shape index (κ2) is 14.4. The van der Waals surface area contributed by atoms with E-state index in [4.69, 9.17) is 4.74 Å². The van der Waals surface area contributed by atoms with Gasteiger partial charge in [-0.15, -0.1) is 0 Å². The van der Waals surface area contributed by atoms with Crippen LogP contribution >= 0.6 is 0 Å². The molecule has 2 aliphatic heterocycles. The van der Waals surface area contributed by atoms with Crippen LogP contribution in [0.1, 0.15) is 66.8 Å². The Hall–Kier alpha value is -4.67. The molecule has 2 aromatic carbocycles. The Bertz CT molecular complexity index is 1520. The average molecular weight is 615 g/mol. The number of nitrogens with one attached hydrogen (secondary N) is 3. The molecule has 45 heavy (non-hydrogen) atoms. The number of fused-ring (bicyclic) bond motifs is 4. The first kappa shape index (κ1) is 31.7. The number of amides is 4. The number of aromatic nitrogens is 2. The van der Waals surface area contributed by atoms with Gasteiger partial charge in [-0.3, -0.25) is 23.9 Å². The summed E-state index contributed by atoms with van der Waals surface area (Å²) in [5, 5.41) is 12.8. The number of aryl methyl sites for hydroxylation is 2. The first-order chi connectivity index (χ1) is 21.7. The third-order valence-corrected chi connectivity index (χ3v) is 8.75. The summed E-state index contributed by atoms with van der Waals surface area (Å²) >= 11 is 0. The summed E-state index contributed by atoms with van der Waals surface area (Å²) < 4.78 is 7.63. The monoisotopic (exact) mass is 614 g/mol. The number of hydrogen-bond acceptors (Lipinski definition) is 6. The van der Waals surface area contributed by atoms with Crippen molar-refractivity contribution in [3.8, 4) is 5.75 Å². The van der Waals surface area contributed by atoms with Crippen LogP contribution in [0.15, 0.2) is 60.9 Å². The highest BCUT2D eigenvalue weighted by Crippen LogP contribution is 2.24. The molecule has 1 fully saturated rings. The SMILES string of the molecule is Cc1ccc2cc1CNC(=O)C(c1cnn(C)c1)NC(=O)[C@@H](NC(=O)[C@@H](C)c1ccccc1)CC(=O)N1CCCC(CCO2)C1. The standard InChI is InChI=1S/C34H42N6O5/c1-22-11-12-28-16-26(22)18-35-34(44)31(27-19-36-39(3)21-27)38-33(43)29(37-32(42)23(2)25-9-5-4-6-10-25)17-30(41)40-14-7-8-24(20-40)13-15-45-28/h4-6,9-12,16,19,21,23-24,29,31H,7-8,13-15,17-18,20H2,1-3H3,(H,35,44)(H,37,42)(H,38,43)/t23-,24?,29-,31?/m0/s1. The zero-order chi connectivity index (χ0) is 31.9. The molecule has 3 aromatic rings. The Kier molecular flexibility index (Phi) is 10.2. The van der Waals surface area contributed by atoms with E-state index in [1.165, 1.54) is 6.20 Å². The van der Waals surface area contributed by atoms with Crippen molar-refractivity contribution in [1.29, 1.82) is 0 Å². The molecule has 0 spiro atoms. The van der Waals surface area contributed by atoms with Crippen LogP contribution in [0.4, 0.5) is 0 Å². The summed E-state index contributed by atoms with van der Waals surface area (Å²) in [6, 6.07) is 12.8. The molecule has 1 aromatic heterocycles. The molecule has 11 heteroatoms. The van der Waals surface area contributed by atoms with Crippen LogP contribution in [0.25, 0.3) is 0 Å². The molecule has 4 bridgehead atoms. The minimum absolute atomic E-state index is 0.222. The van der Waals surface area contributed by atoms with Crippen LogP contribution < -0.4 is 20.7 Å². The van der Waals surface area contributed by atoms with Crippen molar-refractivity contribution in [2.24, 2.45) is 13.0 Å². The smallest absolute Gasteiger partial charge is 0.247 e. The number of benzene rings is 2. The number of hydrogen-bond donors (Lipinski definition) is 3. The van der Waals surface area contributed by atoms with Crippen molar-refractivity contribution in [2.75, 3.05) is 19.7 Å². The highest BCUT2D eigenvalue weighted by molar-refractivity contribution is 5.96. The maximum Gasteiger partial charge on any atom is 0.247 e. The van der Waals surface area contributed by atoms with Gasteiger partial charge in [-0.1, -0.05) is 36.4 Å². The molecule has 5 rings (SSSR count). The van der Waals surface area contributed by atoms with Crippen molar-refractivity contribution < 1.29 is 23.9 Å².